The number of nitrogens with one attached hydrogen (secondary N) is 1. The molecular formula is C20H29N3O3. The Morgan fingerprint density at radius 1 is 1.27 bits per heavy atom. The molecule has 0 aromatic heterocycles. The van der Waals surface area contributed by atoms with Gasteiger partial charge in [0.15, 0.2) is 6.61 Å². The first-order valence-corrected chi connectivity index (χ1v) is 9.70. The summed E-state index contributed by atoms with van der Waals surface area (Å²) in [7, 11) is 0. The van der Waals surface area contributed by atoms with E-state index >= 15 is 0 Å². The van der Waals surface area contributed by atoms with Gasteiger partial charge in [-0.05, 0) is 37.3 Å². The molecule has 2 fully saturated rings. The summed E-state index contributed by atoms with van der Waals surface area (Å²) in [6, 6.07) is 7.39. The Bertz CT molecular complexity index is 628. The van der Waals surface area contributed by atoms with E-state index < -0.39 is 0 Å². The first-order chi connectivity index (χ1) is 12.7. The molecule has 1 aromatic rings. The van der Waals surface area contributed by atoms with Crippen molar-refractivity contribution in [3.63, 3.8) is 0 Å². The Morgan fingerprint density at radius 2 is 2.08 bits per heavy atom. The smallest absolute Gasteiger partial charge is 0.258 e. The van der Waals surface area contributed by atoms with Crippen LogP contribution in [-0.4, -0.2) is 37.6 Å². The van der Waals surface area contributed by atoms with Crippen molar-refractivity contribution in [2.45, 2.75) is 51.0 Å². The number of benzene rings is 1. The number of carbonyl (C=O) groups is 2. The molecular weight excluding hydrogens is 330 g/mol. The molecule has 2 aliphatic rings. The van der Waals surface area contributed by atoms with Gasteiger partial charge in [-0.3, -0.25) is 9.59 Å². The van der Waals surface area contributed by atoms with Gasteiger partial charge in [-0.2, -0.15) is 0 Å². The SMILES string of the molecule is NCC(NC(=O)COc1cccc(N2CCCC2=O)c1)C1CCCCC1. The molecule has 3 rings (SSSR count). The highest BCUT2D eigenvalue weighted by Crippen LogP contribution is 2.27. The second-order valence-corrected chi connectivity index (χ2v) is 7.24. The van der Waals surface area contributed by atoms with Crippen LogP contribution in [-0.2, 0) is 9.59 Å². The molecule has 1 aromatic carbocycles. The number of nitrogens with zero attached hydrogens (tertiary/aromatic N) is 1. The minimum absolute atomic E-state index is 0.0277. The fourth-order valence-corrected chi connectivity index (χ4v) is 3.97. The lowest BCUT2D eigenvalue weighted by molar-refractivity contribution is -0.124. The summed E-state index contributed by atoms with van der Waals surface area (Å²) in [5, 5.41) is 3.03. The summed E-state index contributed by atoms with van der Waals surface area (Å²) in [6.07, 6.45) is 7.46. The van der Waals surface area contributed by atoms with Gasteiger partial charge in [0, 0.05) is 37.3 Å². The molecule has 1 saturated heterocycles. The molecule has 2 amide bonds. The third-order valence-electron chi connectivity index (χ3n) is 5.39. The largest absolute Gasteiger partial charge is 0.484 e. The van der Waals surface area contributed by atoms with Gasteiger partial charge in [-0.1, -0.05) is 25.3 Å². The van der Waals surface area contributed by atoms with E-state index in [9.17, 15) is 9.59 Å². The highest BCUT2D eigenvalue weighted by molar-refractivity contribution is 5.95. The minimum atomic E-state index is -0.145. The van der Waals surface area contributed by atoms with E-state index in [0.29, 0.717) is 24.6 Å². The summed E-state index contributed by atoms with van der Waals surface area (Å²) < 4.78 is 5.65. The van der Waals surface area contributed by atoms with Gasteiger partial charge in [0.2, 0.25) is 5.91 Å². The third kappa shape index (κ3) is 4.75. The summed E-state index contributed by atoms with van der Waals surface area (Å²) >= 11 is 0. The zero-order valence-electron chi connectivity index (χ0n) is 15.3. The molecule has 1 atom stereocenters. The third-order valence-corrected chi connectivity index (χ3v) is 5.39. The van der Waals surface area contributed by atoms with E-state index in [2.05, 4.69) is 5.32 Å². The number of amides is 2. The van der Waals surface area contributed by atoms with Crippen molar-refractivity contribution in [2.24, 2.45) is 11.7 Å². The second kappa shape index (κ2) is 9.03. The molecule has 3 N–H and O–H groups in total. The number of carbonyl (C=O) groups excluding carboxylic acids is 2. The first-order valence-electron chi connectivity index (χ1n) is 9.70. The van der Waals surface area contributed by atoms with E-state index in [0.717, 1.165) is 31.5 Å². The first kappa shape index (κ1) is 18.7. The van der Waals surface area contributed by atoms with E-state index in [1.54, 1.807) is 11.0 Å². The van der Waals surface area contributed by atoms with Crippen LogP contribution in [0.15, 0.2) is 24.3 Å². The Hall–Kier alpha value is -2.08. The normalized spacial score (nSPS) is 19.4. The second-order valence-electron chi connectivity index (χ2n) is 7.24. The fraction of sp³-hybridized carbons (Fsp3) is 0.600. The summed E-state index contributed by atoms with van der Waals surface area (Å²) in [5.74, 6) is 1.06. The Balaban J connectivity index is 1.51. The number of rotatable bonds is 7. The molecule has 1 saturated carbocycles. The van der Waals surface area contributed by atoms with Crippen molar-refractivity contribution < 1.29 is 14.3 Å². The maximum atomic E-state index is 12.3. The highest BCUT2D eigenvalue weighted by atomic mass is 16.5. The van der Waals surface area contributed by atoms with Crippen molar-refractivity contribution in [3.05, 3.63) is 24.3 Å². The predicted octanol–water partition coefficient (Wildman–Crippen LogP) is 2.22. The number of hydrogen-bond donors (Lipinski definition) is 2. The average Bonchev–Trinajstić information content (AvgIpc) is 3.11. The number of nitrogens with two attached hydrogens (primary N) is 1. The Kier molecular flexibility index (Phi) is 6.50. The van der Waals surface area contributed by atoms with E-state index in [1.165, 1.54) is 19.3 Å². The minimum Gasteiger partial charge on any atom is -0.484 e. The number of hydrogen-bond acceptors (Lipinski definition) is 4. The molecule has 0 bridgehead atoms. The quantitative estimate of drug-likeness (QED) is 0.782. The van der Waals surface area contributed by atoms with Crippen molar-refractivity contribution in [3.8, 4) is 5.75 Å². The van der Waals surface area contributed by atoms with Crippen molar-refractivity contribution in [1.29, 1.82) is 0 Å². The molecule has 6 heteroatoms. The maximum absolute atomic E-state index is 12.3. The van der Waals surface area contributed by atoms with Gasteiger partial charge in [-0.25, -0.2) is 0 Å². The van der Waals surface area contributed by atoms with Crippen molar-refractivity contribution in [2.75, 3.05) is 24.6 Å². The van der Waals surface area contributed by atoms with Crippen LogP contribution in [0.2, 0.25) is 0 Å². The number of anilines is 1. The van der Waals surface area contributed by atoms with Crippen LogP contribution < -0.4 is 20.7 Å². The van der Waals surface area contributed by atoms with Crippen LogP contribution >= 0.6 is 0 Å². The van der Waals surface area contributed by atoms with Gasteiger partial charge in [0.1, 0.15) is 5.75 Å². The standard InChI is InChI=1S/C20H29N3O3/c21-13-18(15-6-2-1-3-7-15)22-19(24)14-26-17-9-4-8-16(12-17)23-11-5-10-20(23)25/h4,8-9,12,15,18H,1-3,5-7,10-11,13-14,21H2,(H,22,24). The molecule has 142 valence electrons. The lowest BCUT2D eigenvalue weighted by atomic mass is 9.84. The van der Waals surface area contributed by atoms with Crippen molar-refractivity contribution >= 4 is 17.5 Å². The molecule has 1 heterocycles. The summed E-state index contributed by atoms with van der Waals surface area (Å²) in [5.41, 5.74) is 6.70. The summed E-state index contributed by atoms with van der Waals surface area (Å²) in [4.78, 5) is 25.9. The van der Waals surface area contributed by atoms with Gasteiger partial charge >= 0.3 is 0 Å². The lowest BCUT2D eigenvalue weighted by Crippen LogP contribution is -2.47. The zero-order chi connectivity index (χ0) is 18.4. The summed E-state index contributed by atoms with van der Waals surface area (Å²) in [6.45, 7) is 1.16. The van der Waals surface area contributed by atoms with Crippen molar-refractivity contribution in [1.82, 2.24) is 5.32 Å². The highest BCUT2D eigenvalue weighted by Gasteiger charge is 2.24. The van der Waals surface area contributed by atoms with Crippen LogP contribution in [0.3, 0.4) is 0 Å². The van der Waals surface area contributed by atoms with E-state index in [-0.39, 0.29) is 24.5 Å². The van der Waals surface area contributed by atoms with Gasteiger partial charge in [0.25, 0.3) is 5.91 Å². The molecule has 1 aliphatic heterocycles. The monoisotopic (exact) mass is 359 g/mol. The Labute approximate surface area is 155 Å². The molecule has 26 heavy (non-hydrogen) atoms. The van der Waals surface area contributed by atoms with Gasteiger partial charge in [0.05, 0.1) is 0 Å². The average molecular weight is 359 g/mol. The molecule has 0 radical (unpaired) electrons. The van der Waals surface area contributed by atoms with E-state index in [4.69, 9.17) is 10.5 Å². The number of ether oxygens (including phenoxy) is 1. The molecule has 0 spiro atoms. The van der Waals surface area contributed by atoms with Crippen LogP contribution in [0.5, 0.6) is 5.75 Å². The molecule has 6 nitrogen and oxygen atoms in total. The van der Waals surface area contributed by atoms with Crippen LogP contribution in [0.1, 0.15) is 44.9 Å². The molecule has 1 aliphatic carbocycles. The topological polar surface area (TPSA) is 84.7 Å². The fourth-order valence-electron chi connectivity index (χ4n) is 3.97. The van der Waals surface area contributed by atoms with Gasteiger partial charge in [-0.15, -0.1) is 0 Å². The maximum Gasteiger partial charge on any atom is 0.258 e. The molecule has 1 unspecified atom stereocenters. The van der Waals surface area contributed by atoms with Crippen LogP contribution in [0.4, 0.5) is 5.69 Å². The lowest BCUT2D eigenvalue weighted by Gasteiger charge is -2.30. The van der Waals surface area contributed by atoms with Crippen LogP contribution in [0, 0.1) is 5.92 Å². The Morgan fingerprint density at radius 3 is 2.77 bits per heavy atom. The predicted molar refractivity (Wildman–Crippen MR) is 101 cm³/mol. The zero-order valence-corrected chi connectivity index (χ0v) is 15.3. The van der Waals surface area contributed by atoms with Crippen LogP contribution in [0.25, 0.3) is 0 Å². The van der Waals surface area contributed by atoms with E-state index in [1.807, 2.05) is 18.2 Å². The van der Waals surface area contributed by atoms with Gasteiger partial charge < -0.3 is 20.7 Å².